The van der Waals surface area contributed by atoms with E-state index in [9.17, 15) is 19.5 Å². The standard InChI is InChI=1S/C18H13ClN2O4/c1-10-2-8-13(9-3-10)21-17(24)14(16(23)20-18(21)25)15(22)11-4-6-12(19)7-5-11/h2-9,24H,1H3,(H,20,23,25). The van der Waals surface area contributed by atoms with E-state index >= 15 is 0 Å². The Labute approximate surface area is 147 Å². The maximum absolute atomic E-state index is 12.6. The van der Waals surface area contributed by atoms with Gasteiger partial charge in [0.15, 0.2) is 0 Å². The van der Waals surface area contributed by atoms with Gasteiger partial charge in [0.1, 0.15) is 5.56 Å². The third-order valence-corrected chi connectivity index (χ3v) is 3.96. The molecule has 6 nitrogen and oxygen atoms in total. The third kappa shape index (κ3) is 3.12. The highest BCUT2D eigenvalue weighted by atomic mass is 35.5. The van der Waals surface area contributed by atoms with Gasteiger partial charge in [0.05, 0.1) is 5.69 Å². The molecule has 0 saturated heterocycles. The molecule has 1 aromatic heterocycles. The number of aryl methyl sites for hydroxylation is 1. The zero-order chi connectivity index (χ0) is 18.1. The summed E-state index contributed by atoms with van der Waals surface area (Å²) in [6.07, 6.45) is 0. The lowest BCUT2D eigenvalue weighted by atomic mass is 10.1. The summed E-state index contributed by atoms with van der Waals surface area (Å²) in [5.41, 5.74) is -0.848. The molecule has 0 amide bonds. The number of aromatic amines is 1. The smallest absolute Gasteiger partial charge is 0.335 e. The molecule has 0 aliphatic heterocycles. The number of aromatic nitrogens is 2. The molecule has 0 spiro atoms. The topological polar surface area (TPSA) is 92.2 Å². The van der Waals surface area contributed by atoms with E-state index in [0.29, 0.717) is 10.7 Å². The lowest BCUT2D eigenvalue weighted by Gasteiger charge is -2.11. The Morgan fingerprint density at radius 2 is 1.64 bits per heavy atom. The molecule has 3 aromatic rings. The van der Waals surface area contributed by atoms with Crippen molar-refractivity contribution in [2.75, 3.05) is 0 Å². The van der Waals surface area contributed by atoms with Crippen LogP contribution in [0.2, 0.25) is 5.02 Å². The predicted molar refractivity (Wildman–Crippen MR) is 93.9 cm³/mol. The molecule has 7 heteroatoms. The van der Waals surface area contributed by atoms with E-state index in [1.165, 1.54) is 24.3 Å². The fourth-order valence-corrected chi connectivity index (χ4v) is 2.53. The van der Waals surface area contributed by atoms with Crippen LogP contribution < -0.4 is 11.2 Å². The van der Waals surface area contributed by atoms with Crippen LogP contribution in [0.3, 0.4) is 0 Å². The molecule has 0 bridgehead atoms. The van der Waals surface area contributed by atoms with Crippen LogP contribution >= 0.6 is 11.6 Å². The third-order valence-electron chi connectivity index (χ3n) is 3.71. The molecular formula is C18H13ClN2O4. The minimum absolute atomic E-state index is 0.166. The number of nitrogens with zero attached hydrogens (tertiary/aromatic N) is 1. The highest BCUT2D eigenvalue weighted by Gasteiger charge is 2.23. The summed E-state index contributed by atoms with van der Waals surface area (Å²) in [7, 11) is 0. The number of rotatable bonds is 3. The minimum atomic E-state index is -0.953. The van der Waals surface area contributed by atoms with Crippen LogP contribution in [0.25, 0.3) is 5.69 Å². The molecule has 3 rings (SSSR count). The van der Waals surface area contributed by atoms with Gasteiger partial charge in [0.2, 0.25) is 11.7 Å². The van der Waals surface area contributed by atoms with Gasteiger partial charge in [0, 0.05) is 10.6 Å². The summed E-state index contributed by atoms with van der Waals surface area (Å²) in [4.78, 5) is 38.9. The van der Waals surface area contributed by atoms with Gasteiger partial charge in [-0.15, -0.1) is 0 Å². The van der Waals surface area contributed by atoms with E-state index in [-0.39, 0.29) is 5.56 Å². The van der Waals surface area contributed by atoms with Gasteiger partial charge >= 0.3 is 5.69 Å². The fraction of sp³-hybridized carbons (Fsp3) is 0.0556. The number of carbonyl (C=O) groups excluding carboxylic acids is 1. The number of H-pyrrole nitrogens is 1. The molecule has 1 heterocycles. The SMILES string of the molecule is Cc1ccc(-n2c(O)c(C(=O)c3ccc(Cl)cc3)c(=O)[nH]c2=O)cc1. The molecule has 2 N–H and O–H groups in total. The second-order valence-electron chi connectivity index (χ2n) is 5.46. The second kappa shape index (κ2) is 6.41. The first-order valence-corrected chi connectivity index (χ1v) is 7.72. The molecule has 0 radical (unpaired) electrons. The van der Waals surface area contributed by atoms with Gasteiger partial charge in [-0.05, 0) is 43.3 Å². The van der Waals surface area contributed by atoms with Crippen molar-refractivity contribution in [3.05, 3.63) is 91.1 Å². The van der Waals surface area contributed by atoms with E-state index in [0.717, 1.165) is 10.1 Å². The monoisotopic (exact) mass is 356 g/mol. The second-order valence-corrected chi connectivity index (χ2v) is 5.90. The van der Waals surface area contributed by atoms with E-state index < -0.39 is 28.5 Å². The first kappa shape index (κ1) is 16.7. The zero-order valence-corrected chi connectivity index (χ0v) is 13.9. The lowest BCUT2D eigenvalue weighted by Crippen LogP contribution is -2.33. The molecule has 0 saturated carbocycles. The Hall–Kier alpha value is -3.12. The van der Waals surface area contributed by atoms with Gasteiger partial charge in [-0.1, -0.05) is 29.3 Å². The van der Waals surface area contributed by atoms with Crippen molar-refractivity contribution in [2.24, 2.45) is 0 Å². The van der Waals surface area contributed by atoms with Crippen LogP contribution in [0, 0.1) is 6.92 Å². The van der Waals surface area contributed by atoms with Crippen LogP contribution in [-0.4, -0.2) is 20.4 Å². The maximum atomic E-state index is 12.6. The maximum Gasteiger partial charge on any atom is 0.335 e. The lowest BCUT2D eigenvalue weighted by molar-refractivity contribution is 0.103. The molecular weight excluding hydrogens is 344 g/mol. The Balaban J connectivity index is 2.21. The van der Waals surface area contributed by atoms with E-state index in [1.807, 2.05) is 6.92 Å². The number of benzene rings is 2. The predicted octanol–water partition coefficient (Wildman–Crippen LogP) is 2.42. The molecule has 0 atom stereocenters. The molecule has 25 heavy (non-hydrogen) atoms. The number of hydrogen-bond donors (Lipinski definition) is 2. The summed E-state index contributed by atoms with van der Waals surface area (Å²) in [5.74, 6) is -1.42. The summed E-state index contributed by atoms with van der Waals surface area (Å²) in [6, 6.07) is 12.6. The largest absolute Gasteiger partial charge is 0.493 e. The van der Waals surface area contributed by atoms with Crippen LogP contribution in [0.1, 0.15) is 21.5 Å². The minimum Gasteiger partial charge on any atom is -0.493 e. The summed E-state index contributed by atoms with van der Waals surface area (Å²) in [6.45, 7) is 1.87. The molecule has 0 fully saturated rings. The average Bonchev–Trinajstić information content (AvgIpc) is 2.56. The van der Waals surface area contributed by atoms with Gasteiger partial charge in [-0.3, -0.25) is 14.6 Å². The Bertz CT molecular complexity index is 1060. The van der Waals surface area contributed by atoms with Gasteiger partial charge in [-0.2, -0.15) is 0 Å². The Morgan fingerprint density at radius 1 is 1.04 bits per heavy atom. The quantitative estimate of drug-likeness (QED) is 0.705. The van der Waals surface area contributed by atoms with Crippen molar-refractivity contribution >= 4 is 17.4 Å². The zero-order valence-electron chi connectivity index (χ0n) is 13.1. The first-order valence-electron chi connectivity index (χ1n) is 7.34. The Morgan fingerprint density at radius 3 is 2.24 bits per heavy atom. The highest BCUT2D eigenvalue weighted by Crippen LogP contribution is 2.20. The Kier molecular flexibility index (Phi) is 4.29. The van der Waals surface area contributed by atoms with Crippen molar-refractivity contribution in [3.8, 4) is 11.6 Å². The summed E-state index contributed by atoms with van der Waals surface area (Å²) < 4.78 is 0.879. The van der Waals surface area contributed by atoms with Gasteiger partial charge in [-0.25, -0.2) is 9.36 Å². The first-order chi connectivity index (χ1) is 11.9. The highest BCUT2D eigenvalue weighted by molar-refractivity contribution is 6.30. The van der Waals surface area contributed by atoms with Crippen LogP contribution in [0.4, 0.5) is 0 Å². The van der Waals surface area contributed by atoms with Crippen molar-refractivity contribution in [3.63, 3.8) is 0 Å². The van der Waals surface area contributed by atoms with Crippen LogP contribution in [0.15, 0.2) is 58.1 Å². The van der Waals surface area contributed by atoms with Crippen molar-refractivity contribution in [2.45, 2.75) is 6.92 Å². The van der Waals surface area contributed by atoms with Crippen LogP contribution in [0.5, 0.6) is 5.88 Å². The summed E-state index contributed by atoms with van der Waals surface area (Å²) in [5, 5.41) is 10.9. The van der Waals surface area contributed by atoms with E-state index in [4.69, 9.17) is 11.6 Å². The number of nitrogens with one attached hydrogen (secondary N) is 1. The van der Waals surface area contributed by atoms with Crippen molar-refractivity contribution in [1.29, 1.82) is 0 Å². The number of aromatic hydroxyl groups is 1. The summed E-state index contributed by atoms with van der Waals surface area (Å²) >= 11 is 5.79. The van der Waals surface area contributed by atoms with Crippen molar-refractivity contribution in [1.82, 2.24) is 9.55 Å². The van der Waals surface area contributed by atoms with Gasteiger partial charge in [0.25, 0.3) is 5.56 Å². The van der Waals surface area contributed by atoms with E-state index in [1.54, 1.807) is 24.3 Å². The number of hydrogen-bond acceptors (Lipinski definition) is 4. The molecule has 0 unspecified atom stereocenters. The number of ketones is 1. The van der Waals surface area contributed by atoms with Gasteiger partial charge < -0.3 is 5.11 Å². The molecule has 0 aliphatic carbocycles. The number of carbonyl (C=O) groups is 1. The number of halogens is 1. The van der Waals surface area contributed by atoms with Crippen LogP contribution in [-0.2, 0) is 0 Å². The molecule has 0 aliphatic rings. The fourth-order valence-electron chi connectivity index (χ4n) is 2.41. The molecule has 126 valence electrons. The normalized spacial score (nSPS) is 10.6. The van der Waals surface area contributed by atoms with Crippen molar-refractivity contribution < 1.29 is 9.90 Å². The average molecular weight is 357 g/mol. The molecule has 2 aromatic carbocycles. The van der Waals surface area contributed by atoms with E-state index in [2.05, 4.69) is 4.98 Å².